The summed E-state index contributed by atoms with van der Waals surface area (Å²) in [6, 6.07) is 5.13. The van der Waals surface area contributed by atoms with Crippen LogP contribution in [0, 0.1) is 25.5 Å². The fraction of sp³-hybridized carbons (Fsp3) is 0.211. The van der Waals surface area contributed by atoms with Gasteiger partial charge in [-0.3, -0.25) is 4.98 Å². The number of halogens is 3. The summed E-state index contributed by atoms with van der Waals surface area (Å²) in [4.78, 5) is 4.45. The van der Waals surface area contributed by atoms with Gasteiger partial charge in [0.05, 0.1) is 11.0 Å². The van der Waals surface area contributed by atoms with E-state index >= 15 is 0 Å². The number of allylic oxidation sites excluding steroid dienone is 1. The van der Waals surface area contributed by atoms with E-state index in [9.17, 15) is 8.78 Å². The number of aryl methyl sites for hydroxylation is 1. The molecule has 6 heteroatoms. The molecule has 0 unspecified atom stereocenters. The van der Waals surface area contributed by atoms with Crippen molar-refractivity contribution in [3.63, 3.8) is 0 Å². The lowest BCUT2D eigenvalue weighted by atomic mass is 10.2. The van der Waals surface area contributed by atoms with Crippen LogP contribution < -0.4 is 4.74 Å². The summed E-state index contributed by atoms with van der Waals surface area (Å²) in [6.07, 6.45) is 3.54. The number of pyridine rings is 1. The predicted molar refractivity (Wildman–Crippen MR) is 97.3 cm³/mol. The molecule has 3 nitrogen and oxygen atoms in total. The van der Waals surface area contributed by atoms with Gasteiger partial charge in [-0.25, -0.2) is 8.78 Å². The van der Waals surface area contributed by atoms with Crippen molar-refractivity contribution in [3.8, 4) is 5.75 Å². The Hall–Kier alpha value is -2.40. The zero-order chi connectivity index (χ0) is 17.3. The van der Waals surface area contributed by atoms with Crippen LogP contribution in [0.2, 0.25) is 0 Å². The fourth-order valence-electron chi connectivity index (χ4n) is 2.83. The van der Waals surface area contributed by atoms with Crippen LogP contribution in [-0.4, -0.2) is 9.55 Å². The lowest BCUT2D eigenvalue weighted by Gasteiger charge is -2.11. The predicted octanol–water partition coefficient (Wildman–Crippen LogP) is 5.12. The normalized spacial score (nSPS) is 10.6. The molecule has 2 heterocycles. The van der Waals surface area contributed by atoms with E-state index in [0.717, 1.165) is 33.9 Å². The Morgan fingerprint density at radius 2 is 2.00 bits per heavy atom. The molecule has 0 amide bonds. The number of ether oxygens (including phenoxy) is 1. The molecule has 0 saturated heterocycles. The molecule has 25 heavy (non-hydrogen) atoms. The third-order valence-corrected chi connectivity index (χ3v) is 4.17. The Bertz CT molecular complexity index is 921. The number of nitrogens with zero attached hydrogens (tertiary/aromatic N) is 2. The summed E-state index contributed by atoms with van der Waals surface area (Å²) in [5.41, 5.74) is 4.95. The third-order valence-electron chi connectivity index (χ3n) is 4.17. The van der Waals surface area contributed by atoms with Crippen molar-refractivity contribution in [2.45, 2.75) is 27.0 Å². The van der Waals surface area contributed by atoms with E-state index in [0.29, 0.717) is 6.54 Å². The van der Waals surface area contributed by atoms with Gasteiger partial charge >= 0.3 is 0 Å². The summed E-state index contributed by atoms with van der Waals surface area (Å²) in [7, 11) is 0. The number of hydrogen-bond acceptors (Lipinski definition) is 2. The number of rotatable bonds is 5. The third kappa shape index (κ3) is 3.51. The average molecular weight is 365 g/mol. The Kier molecular flexibility index (Phi) is 5.80. The molecule has 0 fully saturated rings. The van der Waals surface area contributed by atoms with Gasteiger partial charge in [0.2, 0.25) is 0 Å². The summed E-state index contributed by atoms with van der Waals surface area (Å²) in [5.74, 6) is -1.32. The van der Waals surface area contributed by atoms with Crippen molar-refractivity contribution in [2.75, 3.05) is 0 Å². The largest absolute Gasteiger partial charge is 0.486 e. The SMILES string of the molecule is C=CCn1c(C)c(C)c2nccc(COc3ccc(F)cc3F)c21.Cl. The molecule has 0 radical (unpaired) electrons. The Morgan fingerprint density at radius 1 is 1.24 bits per heavy atom. The highest BCUT2D eigenvalue weighted by Crippen LogP contribution is 2.27. The second kappa shape index (κ2) is 7.66. The molecule has 0 aliphatic heterocycles. The Labute approximate surface area is 151 Å². The van der Waals surface area contributed by atoms with Crippen LogP contribution >= 0.6 is 12.4 Å². The lowest BCUT2D eigenvalue weighted by Crippen LogP contribution is -2.04. The molecular formula is C19H19ClF2N2O. The van der Waals surface area contributed by atoms with Crippen molar-refractivity contribution in [2.24, 2.45) is 0 Å². The zero-order valence-corrected chi connectivity index (χ0v) is 14.9. The van der Waals surface area contributed by atoms with Gasteiger partial charge in [0, 0.05) is 30.1 Å². The van der Waals surface area contributed by atoms with Crippen LogP contribution in [0.5, 0.6) is 5.75 Å². The van der Waals surface area contributed by atoms with Crippen molar-refractivity contribution < 1.29 is 13.5 Å². The molecule has 0 bridgehead atoms. The monoisotopic (exact) mass is 364 g/mol. The van der Waals surface area contributed by atoms with Crippen LogP contribution in [0.3, 0.4) is 0 Å². The van der Waals surface area contributed by atoms with Crippen molar-refractivity contribution in [3.05, 3.63) is 71.6 Å². The minimum atomic E-state index is -0.714. The maximum Gasteiger partial charge on any atom is 0.167 e. The molecule has 132 valence electrons. The van der Waals surface area contributed by atoms with Gasteiger partial charge in [0.15, 0.2) is 11.6 Å². The number of benzene rings is 1. The van der Waals surface area contributed by atoms with E-state index in [4.69, 9.17) is 4.74 Å². The summed E-state index contributed by atoms with van der Waals surface area (Å²) < 4.78 is 34.4. The van der Waals surface area contributed by atoms with Crippen molar-refractivity contribution in [1.82, 2.24) is 9.55 Å². The maximum atomic E-state index is 13.7. The lowest BCUT2D eigenvalue weighted by molar-refractivity contribution is 0.290. The van der Waals surface area contributed by atoms with Gasteiger partial charge in [-0.2, -0.15) is 0 Å². The van der Waals surface area contributed by atoms with Crippen LogP contribution in [-0.2, 0) is 13.2 Å². The topological polar surface area (TPSA) is 27.1 Å². The van der Waals surface area contributed by atoms with Crippen molar-refractivity contribution in [1.29, 1.82) is 0 Å². The molecule has 0 atom stereocenters. The fourth-order valence-corrected chi connectivity index (χ4v) is 2.83. The van der Waals surface area contributed by atoms with E-state index in [1.165, 1.54) is 12.1 Å². The average Bonchev–Trinajstić information content (AvgIpc) is 2.80. The van der Waals surface area contributed by atoms with Gasteiger partial charge in [-0.05, 0) is 37.6 Å². The number of aromatic nitrogens is 2. The van der Waals surface area contributed by atoms with Crippen LogP contribution in [0.15, 0.2) is 43.1 Å². The van der Waals surface area contributed by atoms with Gasteiger partial charge < -0.3 is 9.30 Å². The summed E-state index contributed by atoms with van der Waals surface area (Å²) in [5, 5.41) is 0. The second-order valence-electron chi connectivity index (χ2n) is 5.64. The van der Waals surface area contributed by atoms with E-state index in [2.05, 4.69) is 16.1 Å². The Morgan fingerprint density at radius 3 is 2.68 bits per heavy atom. The minimum Gasteiger partial charge on any atom is -0.486 e. The first kappa shape index (κ1) is 18.9. The molecule has 0 spiro atoms. The first-order valence-corrected chi connectivity index (χ1v) is 7.65. The van der Waals surface area contributed by atoms with Crippen LogP contribution in [0.25, 0.3) is 11.0 Å². The number of fused-ring (bicyclic) bond motifs is 1. The van der Waals surface area contributed by atoms with Crippen molar-refractivity contribution >= 4 is 23.4 Å². The first-order chi connectivity index (χ1) is 11.5. The maximum absolute atomic E-state index is 13.7. The quantitative estimate of drug-likeness (QED) is 0.588. The highest BCUT2D eigenvalue weighted by molar-refractivity contribution is 5.85. The van der Waals surface area contributed by atoms with E-state index in [-0.39, 0.29) is 24.8 Å². The van der Waals surface area contributed by atoms with E-state index in [1.807, 2.05) is 26.0 Å². The molecule has 0 saturated carbocycles. The summed E-state index contributed by atoms with van der Waals surface area (Å²) >= 11 is 0. The molecule has 0 N–H and O–H groups in total. The Balaban J connectivity index is 0.00000225. The molecule has 0 aliphatic rings. The standard InChI is InChI=1S/C19H18F2N2O.ClH/c1-4-9-23-13(3)12(2)18-19(23)14(7-8-22-18)11-24-17-6-5-15(20)10-16(17)21;/h4-8,10H,1,9,11H2,2-3H3;1H. The summed E-state index contributed by atoms with van der Waals surface area (Å²) in [6.45, 7) is 8.67. The number of hydrogen-bond donors (Lipinski definition) is 0. The first-order valence-electron chi connectivity index (χ1n) is 7.65. The second-order valence-corrected chi connectivity index (χ2v) is 5.64. The molecule has 2 aromatic heterocycles. The van der Waals surface area contributed by atoms with Crippen LogP contribution in [0.4, 0.5) is 8.78 Å². The highest BCUT2D eigenvalue weighted by atomic mass is 35.5. The van der Waals surface area contributed by atoms with E-state index in [1.54, 1.807) is 6.20 Å². The van der Waals surface area contributed by atoms with E-state index < -0.39 is 11.6 Å². The van der Waals surface area contributed by atoms with Gasteiger partial charge in [-0.1, -0.05) is 6.08 Å². The molecular weight excluding hydrogens is 346 g/mol. The highest BCUT2D eigenvalue weighted by Gasteiger charge is 2.15. The van der Waals surface area contributed by atoms with Gasteiger partial charge in [-0.15, -0.1) is 19.0 Å². The van der Waals surface area contributed by atoms with Gasteiger partial charge in [0.1, 0.15) is 12.4 Å². The molecule has 3 rings (SSSR count). The van der Waals surface area contributed by atoms with Gasteiger partial charge in [0.25, 0.3) is 0 Å². The smallest absolute Gasteiger partial charge is 0.167 e. The molecule has 0 aliphatic carbocycles. The van der Waals surface area contributed by atoms with Crippen LogP contribution in [0.1, 0.15) is 16.8 Å². The molecule has 3 aromatic rings. The molecule has 1 aromatic carbocycles. The minimum absolute atomic E-state index is 0. The zero-order valence-electron chi connectivity index (χ0n) is 14.1.